The zero-order chi connectivity index (χ0) is 18.0. The van der Waals surface area contributed by atoms with E-state index in [0.717, 1.165) is 44.8 Å². The molecular weight excluding hydrogens is 321 g/mol. The highest BCUT2D eigenvalue weighted by Gasteiger charge is 2.33. The number of rotatable bonds is 3. The zero-order valence-corrected chi connectivity index (χ0v) is 15.1. The molecule has 0 saturated carbocycles. The normalized spacial score (nSPS) is 26.6. The van der Waals surface area contributed by atoms with Gasteiger partial charge in [0.15, 0.2) is 0 Å². The van der Waals surface area contributed by atoms with Crippen molar-refractivity contribution in [3.63, 3.8) is 0 Å². The van der Waals surface area contributed by atoms with Crippen LogP contribution in [0.15, 0.2) is 24.3 Å². The van der Waals surface area contributed by atoms with E-state index in [1.54, 1.807) is 12.1 Å². The highest BCUT2D eigenvalue weighted by Crippen LogP contribution is 2.21. The Hall–Kier alpha value is -1.66. The predicted molar refractivity (Wildman–Crippen MR) is 96.0 cm³/mol. The van der Waals surface area contributed by atoms with Gasteiger partial charge in [-0.3, -0.25) is 9.69 Å². The number of piperidine rings is 1. The summed E-state index contributed by atoms with van der Waals surface area (Å²) < 4.78 is 13.1. The second-order valence-electron chi connectivity index (χ2n) is 7.29. The molecule has 2 aliphatic rings. The van der Waals surface area contributed by atoms with Crippen molar-refractivity contribution in [1.82, 2.24) is 9.80 Å². The Morgan fingerprint density at radius 2 is 1.80 bits per heavy atom. The van der Waals surface area contributed by atoms with E-state index in [0.29, 0.717) is 6.54 Å². The smallest absolute Gasteiger partial charge is 0.239 e. The monoisotopic (exact) mass is 349 g/mol. The van der Waals surface area contributed by atoms with Crippen LogP contribution in [0.5, 0.6) is 0 Å². The van der Waals surface area contributed by atoms with E-state index in [-0.39, 0.29) is 23.7 Å². The van der Waals surface area contributed by atoms with Gasteiger partial charge in [-0.05, 0) is 43.5 Å². The molecule has 2 aliphatic heterocycles. The van der Waals surface area contributed by atoms with Crippen LogP contribution in [-0.2, 0) is 4.79 Å². The van der Waals surface area contributed by atoms with E-state index in [4.69, 9.17) is 0 Å². The number of anilines is 1. The highest BCUT2D eigenvalue weighted by molar-refractivity contribution is 5.81. The molecule has 2 heterocycles. The van der Waals surface area contributed by atoms with Crippen LogP contribution in [0.25, 0.3) is 0 Å². The maximum absolute atomic E-state index is 13.1. The lowest BCUT2D eigenvalue weighted by Crippen LogP contribution is -2.56. The molecule has 6 heteroatoms. The van der Waals surface area contributed by atoms with Gasteiger partial charge in [0, 0.05) is 45.0 Å². The van der Waals surface area contributed by atoms with Gasteiger partial charge >= 0.3 is 0 Å². The first-order chi connectivity index (χ1) is 12.0. The van der Waals surface area contributed by atoms with Crippen LogP contribution < -0.4 is 4.90 Å². The van der Waals surface area contributed by atoms with E-state index in [1.807, 2.05) is 18.7 Å². The van der Waals surface area contributed by atoms with Gasteiger partial charge in [0.05, 0.1) is 12.1 Å². The lowest BCUT2D eigenvalue weighted by Gasteiger charge is -2.41. The molecule has 2 saturated heterocycles. The maximum atomic E-state index is 13.1. The number of hydrogen-bond acceptors (Lipinski definition) is 4. The Balaban J connectivity index is 1.53. The average Bonchev–Trinajstić information content (AvgIpc) is 2.63. The number of aliphatic hydroxyl groups excluding tert-OH is 1. The largest absolute Gasteiger partial charge is 0.391 e. The number of halogens is 1. The molecule has 0 aliphatic carbocycles. The molecular formula is C19H28FN3O2. The first kappa shape index (κ1) is 18.1. The second-order valence-corrected chi connectivity index (χ2v) is 7.29. The third-order valence-electron chi connectivity index (χ3n) is 5.64. The Morgan fingerprint density at radius 3 is 2.40 bits per heavy atom. The molecule has 0 bridgehead atoms. The van der Waals surface area contributed by atoms with Crippen LogP contribution in [0.2, 0.25) is 0 Å². The summed E-state index contributed by atoms with van der Waals surface area (Å²) in [5.41, 5.74) is 1.02. The fraction of sp³-hybridized carbons (Fsp3) is 0.632. The van der Waals surface area contributed by atoms with Crippen LogP contribution in [0, 0.1) is 11.7 Å². The Kier molecular flexibility index (Phi) is 5.59. The van der Waals surface area contributed by atoms with Crippen molar-refractivity contribution < 1.29 is 14.3 Å². The summed E-state index contributed by atoms with van der Waals surface area (Å²) in [6.45, 7) is 8.42. The zero-order valence-electron chi connectivity index (χ0n) is 15.1. The van der Waals surface area contributed by atoms with E-state index >= 15 is 0 Å². The van der Waals surface area contributed by atoms with Gasteiger partial charge < -0.3 is 14.9 Å². The third kappa shape index (κ3) is 4.12. The van der Waals surface area contributed by atoms with Gasteiger partial charge in [-0.1, -0.05) is 6.92 Å². The number of likely N-dealkylation sites (tertiary alicyclic amines) is 1. The molecule has 5 nitrogen and oxygen atoms in total. The minimum absolute atomic E-state index is 0.112. The molecule has 1 aromatic rings. The Labute approximate surface area is 149 Å². The van der Waals surface area contributed by atoms with Crippen LogP contribution >= 0.6 is 0 Å². The van der Waals surface area contributed by atoms with E-state index in [9.17, 15) is 14.3 Å². The standard InChI is InChI=1S/C19H28FN3O2/c1-14-7-8-23(13-18(14)24)19(25)15(2)21-9-11-22(12-10-21)17-5-3-16(20)4-6-17/h3-6,14-15,18,24H,7-13H2,1-2H3. The number of β-amino-alcohol motifs (C(OH)–C–C–N with tert-alkyl or cyclic N) is 1. The van der Waals surface area contributed by atoms with Crippen LogP contribution in [0.1, 0.15) is 20.3 Å². The lowest BCUT2D eigenvalue weighted by molar-refractivity contribution is -0.140. The molecule has 25 heavy (non-hydrogen) atoms. The summed E-state index contributed by atoms with van der Waals surface area (Å²) in [4.78, 5) is 19.0. The summed E-state index contributed by atoms with van der Waals surface area (Å²) >= 11 is 0. The van der Waals surface area contributed by atoms with Gasteiger partial charge in [-0.2, -0.15) is 0 Å². The average molecular weight is 349 g/mol. The molecule has 1 amide bonds. The molecule has 0 spiro atoms. The molecule has 1 aromatic carbocycles. The van der Waals surface area contributed by atoms with Gasteiger partial charge in [0.1, 0.15) is 5.82 Å². The second kappa shape index (κ2) is 7.70. The van der Waals surface area contributed by atoms with Crippen molar-refractivity contribution in [2.45, 2.75) is 32.4 Å². The first-order valence-corrected chi connectivity index (χ1v) is 9.17. The number of carbonyl (C=O) groups excluding carboxylic acids is 1. The van der Waals surface area contributed by atoms with Crippen molar-refractivity contribution in [2.75, 3.05) is 44.2 Å². The van der Waals surface area contributed by atoms with Gasteiger partial charge in [-0.25, -0.2) is 4.39 Å². The number of hydrogen-bond donors (Lipinski definition) is 1. The van der Waals surface area contributed by atoms with E-state index < -0.39 is 6.10 Å². The number of benzene rings is 1. The van der Waals surface area contributed by atoms with Gasteiger partial charge in [-0.15, -0.1) is 0 Å². The van der Waals surface area contributed by atoms with Crippen molar-refractivity contribution in [1.29, 1.82) is 0 Å². The number of nitrogens with zero attached hydrogens (tertiary/aromatic N) is 3. The quantitative estimate of drug-likeness (QED) is 0.900. The van der Waals surface area contributed by atoms with E-state index in [2.05, 4.69) is 9.80 Å². The molecule has 3 rings (SSSR count). The van der Waals surface area contributed by atoms with Crippen molar-refractivity contribution in [2.24, 2.45) is 5.92 Å². The topological polar surface area (TPSA) is 47.0 Å². The minimum atomic E-state index is -0.416. The first-order valence-electron chi connectivity index (χ1n) is 9.17. The van der Waals surface area contributed by atoms with Crippen LogP contribution in [0.4, 0.5) is 10.1 Å². The third-order valence-corrected chi connectivity index (χ3v) is 5.64. The van der Waals surface area contributed by atoms with Gasteiger partial charge in [0.25, 0.3) is 0 Å². The number of piperazine rings is 1. The number of aliphatic hydroxyl groups is 1. The van der Waals surface area contributed by atoms with Crippen molar-refractivity contribution in [3.8, 4) is 0 Å². The van der Waals surface area contributed by atoms with Crippen molar-refractivity contribution in [3.05, 3.63) is 30.1 Å². The Morgan fingerprint density at radius 1 is 1.16 bits per heavy atom. The van der Waals surface area contributed by atoms with E-state index in [1.165, 1.54) is 12.1 Å². The van der Waals surface area contributed by atoms with Crippen LogP contribution in [-0.4, -0.2) is 72.2 Å². The summed E-state index contributed by atoms with van der Waals surface area (Å²) in [6, 6.07) is 6.40. The minimum Gasteiger partial charge on any atom is -0.391 e. The molecule has 0 aromatic heterocycles. The molecule has 3 atom stereocenters. The highest BCUT2D eigenvalue weighted by atomic mass is 19.1. The molecule has 2 fully saturated rings. The molecule has 1 N–H and O–H groups in total. The summed E-state index contributed by atoms with van der Waals surface area (Å²) in [6.07, 6.45) is 0.443. The summed E-state index contributed by atoms with van der Waals surface area (Å²) in [5, 5.41) is 10.0. The van der Waals surface area contributed by atoms with Gasteiger partial charge in [0.2, 0.25) is 5.91 Å². The fourth-order valence-corrected chi connectivity index (χ4v) is 3.69. The van der Waals surface area contributed by atoms with Crippen LogP contribution in [0.3, 0.4) is 0 Å². The number of carbonyl (C=O) groups is 1. The molecule has 3 unspecified atom stereocenters. The predicted octanol–water partition coefficient (Wildman–Crippen LogP) is 1.57. The molecule has 0 radical (unpaired) electrons. The SMILES string of the molecule is CC1CCN(C(=O)C(C)N2CCN(c3ccc(F)cc3)CC2)CC1O. The summed E-state index contributed by atoms with van der Waals surface area (Å²) in [5.74, 6) is 0.152. The lowest BCUT2D eigenvalue weighted by atomic mass is 9.95. The fourth-order valence-electron chi connectivity index (χ4n) is 3.69. The Bertz CT molecular complexity index is 587. The maximum Gasteiger partial charge on any atom is 0.239 e. The number of amides is 1. The molecule has 138 valence electrons. The summed E-state index contributed by atoms with van der Waals surface area (Å²) in [7, 11) is 0. The van der Waals surface area contributed by atoms with Crippen molar-refractivity contribution >= 4 is 11.6 Å².